The summed E-state index contributed by atoms with van der Waals surface area (Å²) in [5.74, 6) is 3.88. The zero-order chi connectivity index (χ0) is 21.4. The van der Waals surface area contributed by atoms with Gasteiger partial charge in [-0.25, -0.2) is 4.98 Å². The van der Waals surface area contributed by atoms with Gasteiger partial charge in [0.25, 0.3) is 0 Å². The standard InChI is InChI=1S/C23H28N6OS/c1-16-10-17(2)12-28(11-16)22-25-26-23(29(22)14-20-7-5-9-30-20)31-15-19-13-27-8-4-6-18(3)21(27)24-19/h4-9,13,16-17H,10-12,14-15H2,1-3H3. The number of anilines is 1. The van der Waals surface area contributed by atoms with Crippen LogP contribution in [0.1, 0.15) is 37.3 Å². The molecule has 0 N–H and O–H groups in total. The van der Waals surface area contributed by atoms with E-state index in [0.717, 1.165) is 47.0 Å². The Morgan fingerprint density at radius 2 is 1.97 bits per heavy atom. The number of nitrogens with zero attached hydrogens (tertiary/aromatic N) is 6. The van der Waals surface area contributed by atoms with Crippen LogP contribution in [-0.4, -0.2) is 37.2 Å². The van der Waals surface area contributed by atoms with Crippen molar-refractivity contribution in [2.45, 2.75) is 44.6 Å². The van der Waals surface area contributed by atoms with Crippen molar-refractivity contribution in [3.63, 3.8) is 0 Å². The summed E-state index contributed by atoms with van der Waals surface area (Å²) in [7, 11) is 0. The molecule has 0 aromatic carbocycles. The smallest absolute Gasteiger partial charge is 0.228 e. The van der Waals surface area contributed by atoms with Crippen molar-refractivity contribution >= 4 is 23.4 Å². The number of rotatable bonds is 6. The number of furan rings is 1. The van der Waals surface area contributed by atoms with Crippen molar-refractivity contribution in [3.8, 4) is 0 Å². The van der Waals surface area contributed by atoms with Crippen molar-refractivity contribution in [1.82, 2.24) is 24.1 Å². The monoisotopic (exact) mass is 436 g/mol. The van der Waals surface area contributed by atoms with Gasteiger partial charge < -0.3 is 13.7 Å². The molecule has 0 radical (unpaired) electrons. The average Bonchev–Trinajstić information content (AvgIpc) is 3.46. The predicted octanol–water partition coefficient (Wildman–Crippen LogP) is 4.65. The normalized spacial score (nSPS) is 19.4. The minimum Gasteiger partial charge on any atom is -0.467 e. The van der Waals surface area contributed by atoms with Gasteiger partial charge in [-0.15, -0.1) is 10.2 Å². The van der Waals surface area contributed by atoms with Crippen molar-refractivity contribution in [2.24, 2.45) is 11.8 Å². The third kappa shape index (κ3) is 4.21. The maximum absolute atomic E-state index is 5.64. The van der Waals surface area contributed by atoms with Gasteiger partial charge in [0.1, 0.15) is 11.4 Å². The van der Waals surface area contributed by atoms with Gasteiger partial charge >= 0.3 is 0 Å². The number of hydrogen-bond donors (Lipinski definition) is 0. The lowest BCUT2D eigenvalue weighted by Gasteiger charge is -2.35. The summed E-state index contributed by atoms with van der Waals surface area (Å²) in [5, 5.41) is 10.1. The van der Waals surface area contributed by atoms with Gasteiger partial charge in [-0.1, -0.05) is 31.7 Å². The predicted molar refractivity (Wildman–Crippen MR) is 122 cm³/mol. The Kier molecular flexibility index (Phi) is 5.48. The van der Waals surface area contributed by atoms with E-state index in [0.29, 0.717) is 18.4 Å². The lowest BCUT2D eigenvalue weighted by Crippen LogP contribution is -2.40. The first-order valence-corrected chi connectivity index (χ1v) is 11.8. The molecule has 1 fully saturated rings. The molecule has 1 saturated heterocycles. The van der Waals surface area contributed by atoms with E-state index in [1.165, 1.54) is 12.0 Å². The van der Waals surface area contributed by atoms with Gasteiger partial charge in [0, 0.05) is 31.2 Å². The van der Waals surface area contributed by atoms with Gasteiger partial charge in [-0.3, -0.25) is 4.57 Å². The van der Waals surface area contributed by atoms with E-state index in [1.54, 1.807) is 18.0 Å². The van der Waals surface area contributed by atoms with Crippen LogP contribution in [0.5, 0.6) is 0 Å². The zero-order valence-electron chi connectivity index (χ0n) is 18.2. The minimum atomic E-state index is 0.626. The molecule has 1 aliphatic rings. The Balaban J connectivity index is 1.41. The average molecular weight is 437 g/mol. The molecule has 7 nitrogen and oxygen atoms in total. The Hall–Kier alpha value is -2.74. The highest BCUT2D eigenvalue weighted by Gasteiger charge is 2.27. The van der Waals surface area contributed by atoms with Crippen LogP contribution >= 0.6 is 11.8 Å². The Morgan fingerprint density at radius 3 is 2.71 bits per heavy atom. The number of imidazole rings is 1. The highest BCUT2D eigenvalue weighted by atomic mass is 32.2. The highest BCUT2D eigenvalue weighted by Crippen LogP contribution is 2.30. The summed E-state index contributed by atoms with van der Waals surface area (Å²) in [6.07, 6.45) is 7.12. The molecule has 1 aliphatic heterocycles. The lowest BCUT2D eigenvalue weighted by molar-refractivity contribution is 0.350. The highest BCUT2D eigenvalue weighted by molar-refractivity contribution is 7.98. The Bertz CT molecular complexity index is 1150. The van der Waals surface area contributed by atoms with Crippen LogP contribution in [0.3, 0.4) is 0 Å². The number of aryl methyl sites for hydroxylation is 1. The second kappa shape index (κ2) is 8.42. The lowest BCUT2D eigenvalue weighted by atomic mass is 9.92. The van der Waals surface area contributed by atoms with Crippen LogP contribution in [0, 0.1) is 18.8 Å². The topological polar surface area (TPSA) is 64.4 Å². The zero-order valence-corrected chi connectivity index (χ0v) is 19.0. The van der Waals surface area contributed by atoms with Gasteiger partial charge in [-0.05, 0) is 48.9 Å². The summed E-state index contributed by atoms with van der Waals surface area (Å²) < 4.78 is 9.92. The second-order valence-corrected chi connectivity index (χ2v) is 9.68. The maximum atomic E-state index is 5.64. The van der Waals surface area contributed by atoms with E-state index >= 15 is 0 Å². The van der Waals surface area contributed by atoms with Crippen LogP contribution < -0.4 is 4.90 Å². The van der Waals surface area contributed by atoms with Crippen molar-refractivity contribution < 1.29 is 4.42 Å². The summed E-state index contributed by atoms with van der Waals surface area (Å²) in [4.78, 5) is 7.19. The summed E-state index contributed by atoms with van der Waals surface area (Å²) >= 11 is 1.67. The molecule has 0 spiro atoms. The minimum absolute atomic E-state index is 0.626. The molecule has 8 heteroatoms. The first-order valence-electron chi connectivity index (χ1n) is 10.8. The number of fused-ring (bicyclic) bond motifs is 1. The number of hydrogen-bond acceptors (Lipinski definition) is 6. The Labute approximate surface area is 186 Å². The number of thioether (sulfide) groups is 1. The van der Waals surface area contributed by atoms with Gasteiger partial charge in [-0.2, -0.15) is 0 Å². The molecule has 2 unspecified atom stereocenters. The van der Waals surface area contributed by atoms with Gasteiger partial charge in [0.05, 0.1) is 18.5 Å². The van der Waals surface area contributed by atoms with Crippen LogP contribution in [0.25, 0.3) is 5.65 Å². The van der Waals surface area contributed by atoms with E-state index < -0.39 is 0 Å². The van der Waals surface area contributed by atoms with Crippen molar-refractivity contribution in [1.29, 1.82) is 0 Å². The number of aromatic nitrogens is 5. The van der Waals surface area contributed by atoms with E-state index in [4.69, 9.17) is 9.40 Å². The molecule has 162 valence electrons. The quantitative estimate of drug-likeness (QED) is 0.410. The van der Waals surface area contributed by atoms with Crippen LogP contribution in [0.4, 0.5) is 5.95 Å². The third-order valence-corrected chi connectivity index (χ3v) is 6.82. The van der Waals surface area contributed by atoms with Crippen molar-refractivity contribution in [2.75, 3.05) is 18.0 Å². The maximum Gasteiger partial charge on any atom is 0.228 e. The van der Waals surface area contributed by atoms with Crippen LogP contribution in [-0.2, 0) is 12.3 Å². The molecule has 0 bridgehead atoms. The fourth-order valence-corrected chi connectivity index (χ4v) is 5.37. The van der Waals surface area contributed by atoms with E-state index in [9.17, 15) is 0 Å². The molecule has 2 atom stereocenters. The largest absolute Gasteiger partial charge is 0.467 e. The van der Waals surface area contributed by atoms with Crippen LogP contribution in [0.2, 0.25) is 0 Å². The summed E-state index contributed by atoms with van der Waals surface area (Å²) in [5.41, 5.74) is 3.22. The molecule has 0 amide bonds. The molecule has 31 heavy (non-hydrogen) atoms. The molecule has 5 heterocycles. The molecule has 4 aromatic heterocycles. The first-order chi connectivity index (χ1) is 15.1. The number of piperidine rings is 1. The molecule has 5 rings (SSSR count). The van der Waals surface area contributed by atoms with Gasteiger partial charge in [0.2, 0.25) is 5.95 Å². The SMILES string of the molecule is Cc1cccn2cc(CSc3nnc(N4CC(C)CC(C)C4)n3Cc3ccco3)nc12. The van der Waals surface area contributed by atoms with E-state index in [-0.39, 0.29) is 0 Å². The fourth-order valence-electron chi connectivity index (χ4n) is 4.56. The molecular formula is C23H28N6OS. The van der Waals surface area contributed by atoms with Gasteiger partial charge in [0.15, 0.2) is 5.16 Å². The molecule has 0 aliphatic carbocycles. The fraction of sp³-hybridized carbons (Fsp3) is 0.435. The first kappa shape index (κ1) is 20.2. The molecule has 0 saturated carbocycles. The second-order valence-electron chi connectivity index (χ2n) is 8.74. The van der Waals surface area contributed by atoms with E-state index in [2.05, 4.69) is 57.1 Å². The number of pyridine rings is 1. The summed E-state index contributed by atoms with van der Waals surface area (Å²) in [6, 6.07) is 8.07. The summed E-state index contributed by atoms with van der Waals surface area (Å²) in [6.45, 7) is 9.37. The van der Waals surface area contributed by atoms with E-state index in [1.807, 2.05) is 24.4 Å². The molecular weight excluding hydrogens is 408 g/mol. The molecule has 4 aromatic rings. The third-order valence-electron chi connectivity index (χ3n) is 5.82. The Morgan fingerprint density at radius 1 is 1.13 bits per heavy atom. The van der Waals surface area contributed by atoms with Crippen LogP contribution in [0.15, 0.2) is 52.5 Å². The van der Waals surface area contributed by atoms with Crippen molar-refractivity contribution in [3.05, 3.63) is 59.9 Å².